The fourth-order valence-electron chi connectivity index (χ4n) is 1.06. The van der Waals surface area contributed by atoms with E-state index in [1.165, 1.54) is 0 Å². The van der Waals surface area contributed by atoms with Crippen LogP contribution in [0.15, 0.2) is 24.3 Å². The van der Waals surface area contributed by atoms with Gasteiger partial charge in [0.05, 0.1) is 14.2 Å². The van der Waals surface area contributed by atoms with Crippen molar-refractivity contribution in [3.8, 4) is 11.5 Å². The number of allylic oxidation sites excluding steroid dienone is 1. The zero-order valence-electron chi connectivity index (χ0n) is 7.91. The molecule has 0 atom stereocenters. The Kier molecular flexibility index (Phi) is 3.38. The van der Waals surface area contributed by atoms with Crippen LogP contribution < -0.4 is 9.47 Å². The smallest absolute Gasteiger partial charge is 0.123 e. The van der Waals surface area contributed by atoms with Crippen molar-refractivity contribution < 1.29 is 9.47 Å². The van der Waals surface area contributed by atoms with Crippen molar-refractivity contribution in [2.24, 2.45) is 0 Å². The minimum atomic E-state index is 0.785. The molecule has 0 aliphatic carbocycles. The number of benzene rings is 1. The lowest BCUT2D eigenvalue weighted by molar-refractivity contribution is 0.394. The first-order valence-electron chi connectivity index (χ1n) is 3.99. The summed E-state index contributed by atoms with van der Waals surface area (Å²) < 4.78 is 10.2. The second-order valence-electron chi connectivity index (χ2n) is 2.55. The predicted octanol–water partition coefficient (Wildman–Crippen LogP) is 2.55. The Balaban J connectivity index is 3.07. The van der Waals surface area contributed by atoms with E-state index in [0.29, 0.717) is 0 Å². The molecule has 0 aliphatic heterocycles. The minimum Gasteiger partial charge on any atom is -0.497 e. The van der Waals surface area contributed by atoms with Crippen LogP contribution in [0.5, 0.6) is 11.5 Å². The molecule has 0 aliphatic rings. The summed E-state index contributed by atoms with van der Waals surface area (Å²) in [6.45, 7) is 3.63. The number of ether oxygens (including phenoxy) is 2. The van der Waals surface area contributed by atoms with Crippen LogP contribution in [0.3, 0.4) is 0 Å². The Morgan fingerprint density at radius 1 is 1.08 bits per heavy atom. The molecule has 0 bridgehead atoms. The molecule has 0 N–H and O–H groups in total. The van der Waals surface area contributed by atoms with E-state index in [2.05, 4.69) is 6.92 Å². The van der Waals surface area contributed by atoms with E-state index in [9.17, 15) is 0 Å². The topological polar surface area (TPSA) is 18.5 Å². The molecule has 0 heterocycles. The van der Waals surface area contributed by atoms with Crippen LogP contribution in [0.25, 0.3) is 6.08 Å². The fourth-order valence-corrected chi connectivity index (χ4v) is 1.06. The van der Waals surface area contributed by atoms with Crippen LogP contribution in [-0.2, 0) is 0 Å². The number of hydrogen-bond acceptors (Lipinski definition) is 2. The number of methoxy groups -OCH3 is 2. The molecule has 13 heavy (non-hydrogen) atoms. The highest BCUT2D eigenvalue weighted by molar-refractivity contribution is 5.55. The monoisotopic (exact) mass is 177 g/mol. The molecular formula is C11H13O2. The first-order chi connectivity index (χ1) is 6.30. The van der Waals surface area contributed by atoms with E-state index in [-0.39, 0.29) is 0 Å². The normalized spacial score (nSPS) is 10.4. The zero-order chi connectivity index (χ0) is 9.68. The van der Waals surface area contributed by atoms with Crippen molar-refractivity contribution in [3.63, 3.8) is 0 Å². The van der Waals surface area contributed by atoms with E-state index in [1.54, 1.807) is 20.3 Å². The van der Waals surface area contributed by atoms with Crippen LogP contribution in [0.1, 0.15) is 5.56 Å². The third-order valence-corrected chi connectivity index (χ3v) is 1.68. The maximum absolute atomic E-state index is 5.11. The lowest BCUT2D eigenvalue weighted by Crippen LogP contribution is -1.87. The summed E-state index contributed by atoms with van der Waals surface area (Å²) in [5.41, 5.74) is 1.02. The quantitative estimate of drug-likeness (QED) is 0.706. The zero-order valence-corrected chi connectivity index (χ0v) is 7.91. The molecule has 2 heteroatoms. The van der Waals surface area contributed by atoms with Crippen molar-refractivity contribution in [3.05, 3.63) is 36.8 Å². The van der Waals surface area contributed by atoms with Gasteiger partial charge in [-0.3, -0.25) is 0 Å². The van der Waals surface area contributed by atoms with Gasteiger partial charge in [0, 0.05) is 6.07 Å². The Morgan fingerprint density at radius 2 is 1.62 bits per heavy atom. The molecule has 0 saturated heterocycles. The van der Waals surface area contributed by atoms with Crippen LogP contribution in [0.2, 0.25) is 0 Å². The second kappa shape index (κ2) is 4.55. The molecule has 2 nitrogen and oxygen atoms in total. The molecular weight excluding hydrogens is 164 g/mol. The summed E-state index contributed by atoms with van der Waals surface area (Å²) in [4.78, 5) is 0. The van der Waals surface area contributed by atoms with Gasteiger partial charge in [-0.15, -0.1) is 0 Å². The van der Waals surface area contributed by atoms with E-state index in [0.717, 1.165) is 17.1 Å². The summed E-state index contributed by atoms with van der Waals surface area (Å²) in [6.07, 6.45) is 3.62. The molecule has 1 aromatic carbocycles. The molecule has 0 fully saturated rings. The Morgan fingerprint density at radius 3 is 2.00 bits per heavy atom. The summed E-state index contributed by atoms with van der Waals surface area (Å²) in [5.74, 6) is 1.57. The average molecular weight is 177 g/mol. The largest absolute Gasteiger partial charge is 0.497 e. The van der Waals surface area contributed by atoms with E-state index in [4.69, 9.17) is 9.47 Å². The van der Waals surface area contributed by atoms with Gasteiger partial charge in [0.15, 0.2) is 0 Å². The van der Waals surface area contributed by atoms with Crippen molar-refractivity contribution in [2.75, 3.05) is 14.2 Å². The lowest BCUT2D eigenvalue weighted by Gasteiger charge is -2.05. The van der Waals surface area contributed by atoms with Gasteiger partial charge in [-0.25, -0.2) is 0 Å². The van der Waals surface area contributed by atoms with Crippen LogP contribution in [-0.4, -0.2) is 14.2 Å². The van der Waals surface area contributed by atoms with Crippen molar-refractivity contribution in [1.29, 1.82) is 0 Å². The Bertz CT molecular complexity index is 281. The van der Waals surface area contributed by atoms with Crippen LogP contribution in [0.4, 0.5) is 0 Å². The van der Waals surface area contributed by atoms with Gasteiger partial charge in [-0.2, -0.15) is 0 Å². The van der Waals surface area contributed by atoms with Gasteiger partial charge in [0.1, 0.15) is 11.5 Å². The molecule has 1 radical (unpaired) electrons. The first-order valence-corrected chi connectivity index (χ1v) is 3.99. The van der Waals surface area contributed by atoms with Gasteiger partial charge in [0.2, 0.25) is 0 Å². The summed E-state index contributed by atoms with van der Waals surface area (Å²) in [6, 6.07) is 5.68. The summed E-state index contributed by atoms with van der Waals surface area (Å²) >= 11 is 0. The average Bonchev–Trinajstić information content (AvgIpc) is 2.17. The van der Waals surface area contributed by atoms with Crippen molar-refractivity contribution in [1.82, 2.24) is 0 Å². The SMILES string of the molecule is [CH2]C=Cc1cc(OC)cc(OC)c1. The fraction of sp³-hybridized carbons (Fsp3) is 0.182. The van der Waals surface area contributed by atoms with E-state index >= 15 is 0 Å². The summed E-state index contributed by atoms with van der Waals surface area (Å²) in [5, 5.41) is 0. The molecule has 0 spiro atoms. The summed E-state index contributed by atoms with van der Waals surface area (Å²) in [7, 11) is 3.26. The molecule has 0 aromatic heterocycles. The van der Waals surface area contributed by atoms with Crippen molar-refractivity contribution in [2.45, 2.75) is 0 Å². The highest BCUT2D eigenvalue weighted by Gasteiger charge is 1.98. The highest BCUT2D eigenvalue weighted by atomic mass is 16.5. The van der Waals surface area contributed by atoms with Gasteiger partial charge in [-0.05, 0) is 24.6 Å². The van der Waals surface area contributed by atoms with E-state index < -0.39 is 0 Å². The molecule has 69 valence electrons. The number of rotatable bonds is 3. The standard InChI is InChI=1S/C11H13O2/c1-4-5-9-6-10(12-2)8-11(7-9)13-3/h4-8H,1H2,2-3H3. The predicted molar refractivity (Wildman–Crippen MR) is 53.9 cm³/mol. The van der Waals surface area contributed by atoms with Gasteiger partial charge in [0.25, 0.3) is 0 Å². The van der Waals surface area contributed by atoms with Crippen LogP contribution in [0, 0.1) is 6.92 Å². The van der Waals surface area contributed by atoms with Crippen molar-refractivity contribution >= 4 is 6.08 Å². The van der Waals surface area contributed by atoms with Gasteiger partial charge in [-0.1, -0.05) is 12.2 Å². The first kappa shape index (κ1) is 9.65. The maximum atomic E-state index is 5.11. The highest BCUT2D eigenvalue weighted by Crippen LogP contribution is 2.22. The Hall–Kier alpha value is -1.44. The molecule has 0 saturated carbocycles. The van der Waals surface area contributed by atoms with Gasteiger partial charge < -0.3 is 9.47 Å². The van der Waals surface area contributed by atoms with Crippen LogP contribution >= 0.6 is 0 Å². The van der Waals surface area contributed by atoms with Gasteiger partial charge >= 0.3 is 0 Å². The van der Waals surface area contributed by atoms with E-state index in [1.807, 2.05) is 24.3 Å². The number of hydrogen-bond donors (Lipinski definition) is 0. The molecule has 1 rings (SSSR count). The maximum Gasteiger partial charge on any atom is 0.123 e. The Labute approximate surface area is 78.8 Å². The minimum absolute atomic E-state index is 0.785. The third-order valence-electron chi connectivity index (χ3n) is 1.68. The molecule has 1 aromatic rings. The lowest BCUT2D eigenvalue weighted by atomic mass is 10.2. The second-order valence-corrected chi connectivity index (χ2v) is 2.55. The molecule has 0 unspecified atom stereocenters. The molecule has 0 amide bonds. The third kappa shape index (κ3) is 2.51.